The second kappa shape index (κ2) is 6.03. The number of aryl methyl sites for hydroxylation is 1. The van der Waals surface area contributed by atoms with Crippen molar-refractivity contribution in [2.24, 2.45) is 7.05 Å². The molecular weight excluding hydrogens is 270 g/mol. The predicted molar refractivity (Wildman–Crippen MR) is 80.6 cm³/mol. The van der Waals surface area contributed by atoms with Crippen LogP contribution in [0.4, 0.5) is 0 Å². The maximum absolute atomic E-state index is 4.16. The Labute approximate surface area is 123 Å². The number of nitrogens with zero attached hydrogens (tertiary/aromatic N) is 5. The monoisotopic (exact) mass is 291 g/mol. The number of rotatable bonds is 4. The van der Waals surface area contributed by atoms with Crippen LogP contribution < -0.4 is 0 Å². The molecule has 0 bridgehead atoms. The number of hydrogen-bond donors (Lipinski definition) is 0. The Kier molecular flexibility index (Phi) is 4.14. The summed E-state index contributed by atoms with van der Waals surface area (Å²) in [5.41, 5.74) is 1.44. The summed E-state index contributed by atoms with van der Waals surface area (Å²) in [6, 6.07) is 2.76. The molecule has 0 unspecified atom stereocenters. The molecule has 0 aliphatic carbocycles. The average Bonchev–Trinajstić information content (AvgIpc) is 3.12. The third-order valence-corrected chi connectivity index (χ3v) is 4.85. The van der Waals surface area contributed by atoms with Crippen LogP contribution in [0.2, 0.25) is 0 Å². The van der Waals surface area contributed by atoms with E-state index in [0.717, 1.165) is 38.5 Å². The van der Waals surface area contributed by atoms with Crippen LogP contribution in [0.25, 0.3) is 0 Å². The average molecular weight is 291 g/mol. The maximum atomic E-state index is 4.16. The van der Waals surface area contributed by atoms with E-state index in [4.69, 9.17) is 0 Å². The highest BCUT2D eigenvalue weighted by Crippen LogP contribution is 2.23. The third kappa shape index (κ3) is 2.92. The van der Waals surface area contributed by atoms with Crippen molar-refractivity contribution in [3.05, 3.63) is 34.5 Å². The summed E-state index contributed by atoms with van der Waals surface area (Å²) >= 11 is 1.78. The zero-order valence-corrected chi connectivity index (χ0v) is 12.9. The summed E-state index contributed by atoms with van der Waals surface area (Å²) in [6.07, 6.45) is 1.77. The lowest BCUT2D eigenvalue weighted by Crippen LogP contribution is -2.46. The number of piperazine rings is 1. The summed E-state index contributed by atoms with van der Waals surface area (Å²) < 4.78 is 2.00. The van der Waals surface area contributed by atoms with Gasteiger partial charge in [-0.1, -0.05) is 0 Å². The molecule has 3 heterocycles. The van der Waals surface area contributed by atoms with Crippen molar-refractivity contribution >= 4 is 11.3 Å². The molecule has 0 amide bonds. The third-order valence-electron chi connectivity index (χ3n) is 4.15. The Morgan fingerprint density at radius 2 is 2.10 bits per heavy atom. The highest BCUT2D eigenvalue weighted by Gasteiger charge is 2.22. The molecule has 2 aromatic heterocycles. The van der Waals surface area contributed by atoms with E-state index in [1.165, 1.54) is 5.56 Å². The molecule has 1 aliphatic rings. The van der Waals surface area contributed by atoms with Crippen LogP contribution in [0.15, 0.2) is 23.2 Å². The maximum Gasteiger partial charge on any atom is 0.146 e. The molecule has 0 radical (unpaired) electrons. The van der Waals surface area contributed by atoms with Crippen molar-refractivity contribution in [1.29, 1.82) is 0 Å². The van der Waals surface area contributed by atoms with Crippen LogP contribution in [-0.4, -0.2) is 50.7 Å². The fourth-order valence-electron chi connectivity index (χ4n) is 2.68. The molecule has 2 aromatic rings. The van der Waals surface area contributed by atoms with Crippen molar-refractivity contribution in [3.63, 3.8) is 0 Å². The molecular formula is C14H21N5S. The van der Waals surface area contributed by atoms with Gasteiger partial charge in [0, 0.05) is 39.3 Å². The van der Waals surface area contributed by atoms with Crippen LogP contribution in [0, 0.1) is 0 Å². The fraction of sp³-hybridized carbons (Fsp3) is 0.571. The minimum Gasteiger partial charge on any atom is -0.320 e. The standard InChI is InChI=1S/C14H21N5S/c1-12(13-3-8-20-10-13)19-6-4-18(5-7-19)9-14-16-15-11-17(14)2/h3,8,10-12H,4-7,9H2,1-2H3/t12-/m0/s1. The van der Waals surface area contributed by atoms with Gasteiger partial charge in [0.25, 0.3) is 0 Å². The lowest BCUT2D eigenvalue weighted by molar-refractivity contribution is 0.0957. The topological polar surface area (TPSA) is 37.2 Å². The summed E-state index contributed by atoms with van der Waals surface area (Å²) in [5.74, 6) is 1.05. The largest absolute Gasteiger partial charge is 0.320 e. The molecule has 0 N–H and O–H groups in total. The Balaban J connectivity index is 1.53. The zero-order valence-electron chi connectivity index (χ0n) is 12.1. The SMILES string of the molecule is C[C@@H](c1ccsc1)N1CCN(Cc2nncn2C)CC1. The van der Waals surface area contributed by atoms with E-state index in [1.54, 1.807) is 17.7 Å². The highest BCUT2D eigenvalue weighted by atomic mass is 32.1. The molecule has 108 valence electrons. The van der Waals surface area contributed by atoms with Gasteiger partial charge >= 0.3 is 0 Å². The van der Waals surface area contributed by atoms with Crippen LogP contribution in [0.3, 0.4) is 0 Å². The van der Waals surface area contributed by atoms with Gasteiger partial charge in [-0.05, 0) is 29.3 Å². The van der Waals surface area contributed by atoms with Gasteiger partial charge < -0.3 is 4.57 Å². The van der Waals surface area contributed by atoms with Crippen LogP contribution in [0.5, 0.6) is 0 Å². The Bertz CT molecular complexity index is 528. The lowest BCUT2D eigenvalue weighted by atomic mass is 10.1. The second-order valence-corrected chi connectivity index (χ2v) is 6.18. The van der Waals surface area contributed by atoms with Crippen LogP contribution in [0.1, 0.15) is 24.4 Å². The van der Waals surface area contributed by atoms with Crippen molar-refractivity contribution < 1.29 is 0 Å². The van der Waals surface area contributed by atoms with E-state index in [1.807, 2.05) is 11.6 Å². The molecule has 1 fully saturated rings. The van der Waals surface area contributed by atoms with Crippen molar-refractivity contribution in [2.45, 2.75) is 19.5 Å². The molecule has 1 aliphatic heterocycles. The van der Waals surface area contributed by atoms with Gasteiger partial charge in [-0.2, -0.15) is 11.3 Å². The lowest BCUT2D eigenvalue weighted by Gasteiger charge is -2.37. The van der Waals surface area contributed by atoms with Gasteiger partial charge in [0.15, 0.2) is 0 Å². The molecule has 0 saturated carbocycles. The van der Waals surface area contributed by atoms with E-state index in [-0.39, 0.29) is 0 Å². The number of hydrogen-bond acceptors (Lipinski definition) is 5. The molecule has 1 atom stereocenters. The normalized spacial score (nSPS) is 19.3. The Hall–Kier alpha value is -1.24. The van der Waals surface area contributed by atoms with E-state index in [9.17, 15) is 0 Å². The van der Waals surface area contributed by atoms with Gasteiger partial charge in [-0.15, -0.1) is 10.2 Å². The molecule has 5 nitrogen and oxygen atoms in total. The van der Waals surface area contributed by atoms with Crippen molar-refractivity contribution in [2.75, 3.05) is 26.2 Å². The first-order valence-electron chi connectivity index (χ1n) is 7.05. The van der Waals surface area contributed by atoms with Crippen molar-refractivity contribution in [3.8, 4) is 0 Å². The first kappa shape index (κ1) is 13.7. The number of thiophene rings is 1. The highest BCUT2D eigenvalue weighted by molar-refractivity contribution is 7.07. The van der Waals surface area contributed by atoms with Crippen LogP contribution in [-0.2, 0) is 13.6 Å². The molecule has 20 heavy (non-hydrogen) atoms. The smallest absolute Gasteiger partial charge is 0.146 e. The Morgan fingerprint density at radius 3 is 2.70 bits per heavy atom. The molecule has 6 heteroatoms. The van der Waals surface area contributed by atoms with E-state index in [0.29, 0.717) is 6.04 Å². The van der Waals surface area contributed by atoms with Gasteiger partial charge in [-0.25, -0.2) is 0 Å². The first-order chi connectivity index (χ1) is 9.74. The molecule has 3 rings (SSSR count). The van der Waals surface area contributed by atoms with Gasteiger partial charge in [0.2, 0.25) is 0 Å². The Morgan fingerprint density at radius 1 is 1.30 bits per heavy atom. The minimum atomic E-state index is 0.526. The van der Waals surface area contributed by atoms with Crippen LogP contribution >= 0.6 is 11.3 Å². The van der Waals surface area contributed by atoms with Gasteiger partial charge in [0.1, 0.15) is 12.2 Å². The second-order valence-electron chi connectivity index (χ2n) is 5.40. The fourth-order valence-corrected chi connectivity index (χ4v) is 3.43. The minimum absolute atomic E-state index is 0.526. The zero-order chi connectivity index (χ0) is 13.9. The summed E-state index contributed by atoms with van der Waals surface area (Å²) in [6.45, 7) is 7.64. The number of aromatic nitrogens is 3. The van der Waals surface area contributed by atoms with E-state index in [2.05, 4.69) is 43.7 Å². The van der Waals surface area contributed by atoms with E-state index < -0.39 is 0 Å². The van der Waals surface area contributed by atoms with Gasteiger partial charge in [-0.3, -0.25) is 9.80 Å². The summed E-state index contributed by atoms with van der Waals surface area (Å²) in [4.78, 5) is 5.02. The quantitative estimate of drug-likeness (QED) is 0.860. The molecule has 0 aromatic carbocycles. The summed E-state index contributed by atoms with van der Waals surface area (Å²) in [5, 5.41) is 12.5. The van der Waals surface area contributed by atoms with Gasteiger partial charge in [0.05, 0.1) is 6.54 Å². The predicted octanol–water partition coefficient (Wildman–Crippen LogP) is 1.76. The van der Waals surface area contributed by atoms with Crippen molar-refractivity contribution in [1.82, 2.24) is 24.6 Å². The van der Waals surface area contributed by atoms with E-state index >= 15 is 0 Å². The molecule has 1 saturated heterocycles. The summed E-state index contributed by atoms with van der Waals surface area (Å²) in [7, 11) is 2.00. The molecule has 0 spiro atoms. The first-order valence-corrected chi connectivity index (χ1v) is 7.99.